The lowest BCUT2D eigenvalue weighted by atomic mass is 10.1. The van der Waals surface area contributed by atoms with Gasteiger partial charge in [-0.05, 0) is 24.1 Å². The average Bonchev–Trinajstić information content (AvgIpc) is 2.99. The van der Waals surface area contributed by atoms with Crippen LogP contribution < -0.4 is 11.1 Å². The highest BCUT2D eigenvalue weighted by molar-refractivity contribution is 5.80. The van der Waals surface area contributed by atoms with Crippen LogP contribution in [0.4, 0.5) is 5.69 Å². The normalized spacial score (nSPS) is 10.9. The minimum Gasteiger partial charge on any atom is -0.407 e. The van der Waals surface area contributed by atoms with E-state index in [2.05, 4.69) is 5.32 Å². The summed E-state index contributed by atoms with van der Waals surface area (Å²) in [5.74, 6) is -1.13. The Morgan fingerprint density at radius 3 is 2.71 bits per heavy atom. The van der Waals surface area contributed by atoms with Crippen LogP contribution >= 0.6 is 0 Å². The molecule has 0 unspecified atom stereocenters. The van der Waals surface area contributed by atoms with Crippen molar-refractivity contribution < 1.29 is 18.9 Å². The van der Waals surface area contributed by atoms with Gasteiger partial charge in [-0.1, -0.05) is 24.3 Å². The predicted molar refractivity (Wildman–Crippen MR) is 101 cm³/mol. The quantitative estimate of drug-likeness (QED) is 0.470. The van der Waals surface area contributed by atoms with Gasteiger partial charge in [0.15, 0.2) is 5.58 Å². The van der Waals surface area contributed by atoms with Gasteiger partial charge in [-0.15, -0.1) is 0 Å². The summed E-state index contributed by atoms with van der Waals surface area (Å²) in [5.41, 5.74) is 2.09. The van der Waals surface area contributed by atoms with E-state index in [0.29, 0.717) is 18.7 Å². The number of hydrogen-bond donors (Lipinski definition) is 1. The topological polar surface area (TPSA) is 117 Å². The number of nitro benzene ring substituents is 1. The van der Waals surface area contributed by atoms with Gasteiger partial charge in [0.1, 0.15) is 6.54 Å². The van der Waals surface area contributed by atoms with Gasteiger partial charge < -0.3 is 14.5 Å². The smallest absolute Gasteiger partial charge is 0.407 e. The standard InChI is InChI=1S/C19H19N3O6/c1-2-27-12-14-6-4-3-5-13(14)10-20-18(23)11-21-16-8-7-15(22(25)26)9-17(16)28-19(21)24/h3-9H,2,10-12H2,1H3,(H,20,23). The van der Waals surface area contributed by atoms with E-state index in [9.17, 15) is 19.7 Å². The van der Waals surface area contributed by atoms with E-state index < -0.39 is 10.7 Å². The van der Waals surface area contributed by atoms with Crippen LogP contribution in [0.5, 0.6) is 0 Å². The maximum atomic E-state index is 12.3. The van der Waals surface area contributed by atoms with Crippen LogP contribution in [-0.2, 0) is 29.2 Å². The number of nitrogens with one attached hydrogen (secondary N) is 1. The van der Waals surface area contributed by atoms with Gasteiger partial charge in [-0.2, -0.15) is 0 Å². The molecule has 1 N–H and O–H groups in total. The van der Waals surface area contributed by atoms with E-state index in [4.69, 9.17) is 9.15 Å². The molecule has 146 valence electrons. The molecule has 0 aliphatic carbocycles. The molecule has 9 heteroatoms. The third-order valence-corrected chi connectivity index (χ3v) is 4.22. The van der Waals surface area contributed by atoms with Crippen molar-refractivity contribution >= 4 is 22.7 Å². The fraction of sp³-hybridized carbons (Fsp3) is 0.263. The van der Waals surface area contributed by atoms with Gasteiger partial charge in [0.05, 0.1) is 23.1 Å². The third-order valence-electron chi connectivity index (χ3n) is 4.22. The monoisotopic (exact) mass is 385 g/mol. The number of carbonyl (C=O) groups is 1. The van der Waals surface area contributed by atoms with Crippen molar-refractivity contribution in [2.45, 2.75) is 26.6 Å². The first-order valence-corrected chi connectivity index (χ1v) is 8.68. The summed E-state index contributed by atoms with van der Waals surface area (Å²) in [4.78, 5) is 34.6. The number of ether oxygens (including phenoxy) is 1. The van der Waals surface area contributed by atoms with Crippen molar-refractivity contribution in [1.82, 2.24) is 9.88 Å². The number of oxazole rings is 1. The van der Waals surface area contributed by atoms with Gasteiger partial charge in [0.25, 0.3) is 5.69 Å². The second kappa shape index (κ2) is 8.49. The zero-order chi connectivity index (χ0) is 20.1. The van der Waals surface area contributed by atoms with Crippen molar-refractivity contribution in [3.8, 4) is 0 Å². The van der Waals surface area contributed by atoms with E-state index in [0.717, 1.165) is 21.8 Å². The number of nitrogens with zero attached hydrogens (tertiary/aromatic N) is 2. The zero-order valence-electron chi connectivity index (χ0n) is 15.2. The minimum atomic E-state index is -0.748. The number of hydrogen-bond acceptors (Lipinski definition) is 6. The van der Waals surface area contributed by atoms with Crippen molar-refractivity contribution in [3.05, 3.63) is 74.3 Å². The number of nitro groups is 1. The second-order valence-corrected chi connectivity index (χ2v) is 6.05. The van der Waals surface area contributed by atoms with Crippen molar-refractivity contribution in [2.24, 2.45) is 0 Å². The fourth-order valence-corrected chi connectivity index (χ4v) is 2.79. The Hall–Kier alpha value is -3.46. The Bertz CT molecular complexity index is 1070. The van der Waals surface area contributed by atoms with Crippen LogP contribution in [0.25, 0.3) is 11.1 Å². The Labute approximate surface area is 159 Å². The molecule has 3 aromatic rings. The van der Waals surface area contributed by atoms with Crippen LogP contribution in [0.1, 0.15) is 18.1 Å². The molecule has 9 nitrogen and oxygen atoms in total. The Balaban J connectivity index is 1.71. The number of aromatic nitrogens is 1. The lowest BCUT2D eigenvalue weighted by Crippen LogP contribution is -2.30. The number of fused-ring (bicyclic) bond motifs is 1. The van der Waals surface area contributed by atoms with E-state index >= 15 is 0 Å². The Morgan fingerprint density at radius 1 is 1.25 bits per heavy atom. The minimum absolute atomic E-state index is 0.0639. The van der Waals surface area contributed by atoms with Crippen LogP contribution in [0, 0.1) is 10.1 Å². The van der Waals surface area contributed by atoms with Crippen LogP contribution in [0.15, 0.2) is 51.7 Å². The number of rotatable bonds is 8. The molecule has 0 saturated heterocycles. The molecule has 0 spiro atoms. The maximum absolute atomic E-state index is 12.3. The van der Waals surface area contributed by atoms with Crippen molar-refractivity contribution in [2.75, 3.05) is 6.61 Å². The molecule has 0 saturated carbocycles. The molecule has 1 aromatic heterocycles. The summed E-state index contributed by atoms with van der Waals surface area (Å²) in [6.07, 6.45) is 0. The SMILES string of the molecule is CCOCc1ccccc1CNC(=O)Cn1c(=O)oc2cc([N+](=O)[O-])ccc21. The summed E-state index contributed by atoms with van der Waals surface area (Å²) >= 11 is 0. The van der Waals surface area contributed by atoms with Gasteiger partial charge in [-0.3, -0.25) is 19.5 Å². The molecule has 3 rings (SSSR count). The second-order valence-electron chi connectivity index (χ2n) is 6.05. The average molecular weight is 385 g/mol. The summed E-state index contributed by atoms with van der Waals surface area (Å²) in [5, 5.41) is 13.6. The molecule has 1 amide bonds. The van der Waals surface area contributed by atoms with E-state index in [-0.39, 0.29) is 30.3 Å². The summed E-state index contributed by atoms with van der Waals surface area (Å²) in [6, 6.07) is 11.4. The highest BCUT2D eigenvalue weighted by Crippen LogP contribution is 2.20. The summed E-state index contributed by atoms with van der Waals surface area (Å²) < 4.78 is 11.6. The first-order valence-electron chi connectivity index (χ1n) is 8.68. The lowest BCUT2D eigenvalue weighted by Gasteiger charge is -2.11. The van der Waals surface area contributed by atoms with Gasteiger partial charge in [-0.25, -0.2) is 4.79 Å². The molecule has 1 heterocycles. The molecule has 0 aliphatic rings. The molecule has 0 bridgehead atoms. The number of carbonyl (C=O) groups excluding carboxylic acids is 1. The Morgan fingerprint density at radius 2 is 2.00 bits per heavy atom. The summed E-state index contributed by atoms with van der Waals surface area (Å²) in [6.45, 7) is 2.99. The molecule has 28 heavy (non-hydrogen) atoms. The van der Waals surface area contributed by atoms with Crippen LogP contribution in [0.3, 0.4) is 0 Å². The number of non-ortho nitro benzene ring substituents is 1. The van der Waals surface area contributed by atoms with Crippen LogP contribution in [-0.4, -0.2) is 22.0 Å². The lowest BCUT2D eigenvalue weighted by molar-refractivity contribution is -0.384. The van der Waals surface area contributed by atoms with Gasteiger partial charge >= 0.3 is 5.76 Å². The van der Waals surface area contributed by atoms with Gasteiger partial charge in [0.2, 0.25) is 5.91 Å². The van der Waals surface area contributed by atoms with E-state index in [1.165, 1.54) is 12.1 Å². The van der Waals surface area contributed by atoms with E-state index in [1.54, 1.807) is 0 Å². The number of amides is 1. The van der Waals surface area contributed by atoms with Gasteiger partial charge in [0, 0.05) is 19.2 Å². The first-order chi connectivity index (χ1) is 13.5. The molecule has 0 aliphatic heterocycles. The molecule has 2 aromatic carbocycles. The fourth-order valence-electron chi connectivity index (χ4n) is 2.79. The Kier molecular flexibility index (Phi) is 5.85. The predicted octanol–water partition coefficient (Wildman–Crippen LogP) is 2.36. The first kappa shape index (κ1) is 19.3. The molecule has 0 radical (unpaired) electrons. The zero-order valence-corrected chi connectivity index (χ0v) is 15.2. The highest BCUT2D eigenvalue weighted by atomic mass is 16.6. The summed E-state index contributed by atoms with van der Waals surface area (Å²) in [7, 11) is 0. The van der Waals surface area contributed by atoms with E-state index in [1.807, 2.05) is 31.2 Å². The highest BCUT2D eigenvalue weighted by Gasteiger charge is 2.16. The molecule has 0 fully saturated rings. The van der Waals surface area contributed by atoms with Crippen molar-refractivity contribution in [3.63, 3.8) is 0 Å². The molecule has 0 atom stereocenters. The van der Waals surface area contributed by atoms with Crippen molar-refractivity contribution in [1.29, 1.82) is 0 Å². The molecular weight excluding hydrogens is 366 g/mol. The molecular formula is C19H19N3O6. The third kappa shape index (κ3) is 4.26. The maximum Gasteiger partial charge on any atom is 0.420 e. The largest absolute Gasteiger partial charge is 0.420 e. The number of benzene rings is 2. The van der Waals surface area contributed by atoms with Crippen LogP contribution in [0.2, 0.25) is 0 Å².